The van der Waals surface area contributed by atoms with Crippen molar-refractivity contribution in [2.24, 2.45) is 0 Å². The molecular weight excluding hydrogens is 388 g/mol. The number of rotatable bonds is 5. The Balaban J connectivity index is 1.86. The SMILES string of the molecule is COc1ccc(N2CCN(S(=O)(=O)c3c(C)cc(OC)c(C)c3C)CC2C)cc1. The van der Waals surface area contributed by atoms with Crippen molar-refractivity contribution in [3.63, 3.8) is 0 Å². The van der Waals surface area contributed by atoms with Gasteiger partial charge in [-0.05, 0) is 74.7 Å². The fourth-order valence-electron chi connectivity index (χ4n) is 4.06. The van der Waals surface area contributed by atoms with Crippen molar-refractivity contribution in [3.8, 4) is 11.5 Å². The Hall–Kier alpha value is -2.25. The summed E-state index contributed by atoms with van der Waals surface area (Å²) in [4.78, 5) is 2.64. The van der Waals surface area contributed by atoms with E-state index in [0.717, 1.165) is 33.9 Å². The molecule has 0 aliphatic carbocycles. The molecule has 1 atom stereocenters. The van der Waals surface area contributed by atoms with Crippen molar-refractivity contribution in [2.45, 2.75) is 38.6 Å². The van der Waals surface area contributed by atoms with E-state index in [4.69, 9.17) is 9.47 Å². The van der Waals surface area contributed by atoms with Gasteiger partial charge >= 0.3 is 0 Å². The van der Waals surface area contributed by atoms with Crippen molar-refractivity contribution in [1.82, 2.24) is 4.31 Å². The zero-order valence-electron chi connectivity index (χ0n) is 18.0. The normalized spacial score (nSPS) is 18.0. The molecule has 1 unspecified atom stereocenters. The summed E-state index contributed by atoms with van der Waals surface area (Å²) in [6, 6.07) is 9.76. The molecule has 1 heterocycles. The van der Waals surface area contributed by atoms with E-state index in [1.165, 1.54) is 0 Å². The standard InChI is InChI=1S/C22H30N2O4S/c1-15-13-21(28-6)17(3)18(4)22(15)29(25,26)23-11-12-24(16(2)14-23)19-7-9-20(27-5)10-8-19/h7-10,13,16H,11-12,14H2,1-6H3. The van der Waals surface area contributed by atoms with Crippen LogP contribution in [0.15, 0.2) is 35.2 Å². The lowest BCUT2D eigenvalue weighted by molar-refractivity contribution is 0.342. The summed E-state index contributed by atoms with van der Waals surface area (Å²) in [6.07, 6.45) is 0. The minimum Gasteiger partial charge on any atom is -0.497 e. The fourth-order valence-corrected chi connectivity index (χ4v) is 6.06. The van der Waals surface area contributed by atoms with Gasteiger partial charge in [0.05, 0.1) is 19.1 Å². The maximum absolute atomic E-state index is 13.5. The predicted octanol–water partition coefficient (Wildman–Crippen LogP) is 3.53. The maximum Gasteiger partial charge on any atom is 0.243 e. The Bertz CT molecular complexity index is 987. The first-order chi connectivity index (χ1) is 13.7. The third kappa shape index (κ3) is 3.94. The number of nitrogens with zero attached hydrogens (tertiary/aromatic N) is 2. The van der Waals surface area contributed by atoms with E-state index in [1.807, 2.05) is 51.1 Å². The third-order valence-corrected chi connectivity index (χ3v) is 7.95. The van der Waals surface area contributed by atoms with Crippen molar-refractivity contribution >= 4 is 15.7 Å². The molecule has 158 valence electrons. The molecule has 7 heteroatoms. The molecule has 3 rings (SSSR count). The lowest BCUT2D eigenvalue weighted by Gasteiger charge is -2.41. The van der Waals surface area contributed by atoms with Crippen LogP contribution in [-0.4, -0.2) is 52.6 Å². The summed E-state index contributed by atoms with van der Waals surface area (Å²) in [7, 11) is -0.337. The molecule has 1 saturated heterocycles. The lowest BCUT2D eigenvalue weighted by Crippen LogP contribution is -2.53. The van der Waals surface area contributed by atoms with Crippen molar-refractivity contribution < 1.29 is 17.9 Å². The highest BCUT2D eigenvalue weighted by atomic mass is 32.2. The summed E-state index contributed by atoms with van der Waals surface area (Å²) < 4.78 is 39.2. The first-order valence-electron chi connectivity index (χ1n) is 9.76. The first kappa shape index (κ1) is 21.5. The molecule has 1 fully saturated rings. The number of hydrogen-bond acceptors (Lipinski definition) is 5. The number of benzene rings is 2. The van der Waals surface area contributed by atoms with Gasteiger partial charge in [0, 0.05) is 31.4 Å². The van der Waals surface area contributed by atoms with Crippen LogP contribution in [0.5, 0.6) is 11.5 Å². The van der Waals surface area contributed by atoms with E-state index in [2.05, 4.69) is 11.8 Å². The van der Waals surface area contributed by atoms with Gasteiger partial charge in [0.15, 0.2) is 0 Å². The minimum atomic E-state index is -3.59. The maximum atomic E-state index is 13.5. The molecule has 29 heavy (non-hydrogen) atoms. The van der Waals surface area contributed by atoms with Gasteiger partial charge in [-0.3, -0.25) is 0 Å². The Morgan fingerprint density at radius 2 is 1.62 bits per heavy atom. The Morgan fingerprint density at radius 3 is 2.17 bits per heavy atom. The molecule has 0 radical (unpaired) electrons. The van der Waals surface area contributed by atoms with Crippen molar-refractivity contribution in [2.75, 3.05) is 38.8 Å². The zero-order chi connectivity index (χ0) is 21.3. The zero-order valence-corrected chi connectivity index (χ0v) is 18.8. The van der Waals surface area contributed by atoms with Crippen LogP contribution < -0.4 is 14.4 Å². The summed E-state index contributed by atoms with van der Waals surface area (Å²) in [6.45, 7) is 9.18. The minimum absolute atomic E-state index is 0.0619. The van der Waals surface area contributed by atoms with Crippen molar-refractivity contribution in [3.05, 3.63) is 47.0 Å². The molecule has 0 bridgehead atoms. The molecule has 1 aliphatic rings. The van der Waals surface area contributed by atoms with Gasteiger partial charge in [-0.25, -0.2) is 8.42 Å². The average Bonchev–Trinajstić information content (AvgIpc) is 2.70. The third-order valence-electron chi connectivity index (χ3n) is 5.79. The number of anilines is 1. The highest BCUT2D eigenvalue weighted by Crippen LogP contribution is 2.33. The molecule has 1 aliphatic heterocycles. The quantitative estimate of drug-likeness (QED) is 0.744. The Morgan fingerprint density at radius 1 is 0.966 bits per heavy atom. The van der Waals surface area contributed by atoms with Gasteiger partial charge in [-0.1, -0.05) is 0 Å². The number of piperazine rings is 1. The summed E-state index contributed by atoms with van der Waals surface area (Å²) >= 11 is 0. The molecule has 2 aromatic carbocycles. The van der Waals surface area contributed by atoms with Crippen LogP contribution in [0.4, 0.5) is 5.69 Å². The monoisotopic (exact) mass is 418 g/mol. The van der Waals surface area contributed by atoms with Gasteiger partial charge in [-0.15, -0.1) is 0 Å². The van der Waals surface area contributed by atoms with Gasteiger partial charge in [0.25, 0.3) is 0 Å². The van der Waals surface area contributed by atoms with Crippen LogP contribution in [0, 0.1) is 20.8 Å². The second-order valence-corrected chi connectivity index (χ2v) is 9.45. The fraction of sp³-hybridized carbons (Fsp3) is 0.455. The molecule has 0 aromatic heterocycles. The van der Waals surface area contributed by atoms with Gasteiger partial charge in [0.1, 0.15) is 11.5 Å². The highest BCUT2D eigenvalue weighted by Gasteiger charge is 2.34. The van der Waals surface area contributed by atoms with Crippen molar-refractivity contribution in [1.29, 1.82) is 0 Å². The molecule has 0 amide bonds. The summed E-state index contributed by atoms with van der Waals surface area (Å²) in [5.74, 6) is 1.53. The molecule has 0 spiro atoms. The van der Waals surface area contributed by atoms with E-state index >= 15 is 0 Å². The van der Waals surface area contributed by atoms with Crippen LogP contribution in [0.25, 0.3) is 0 Å². The van der Waals surface area contributed by atoms with Gasteiger partial charge in [-0.2, -0.15) is 4.31 Å². The average molecular weight is 419 g/mol. The predicted molar refractivity (Wildman–Crippen MR) is 116 cm³/mol. The highest BCUT2D eigenvalue weighted by molar-refractivity contribution is 7.89. The van der Waals surface area contributed by atoms with E-state index in [0.29, 0.717) is 24.5 Å². The summed E-state index contributed by atoms with van der Waals surface area (Å²) in [5, 5.41) is 0. The Labute approximate surface area is 174 Å². The van der Waals surface area contributed by atoms with Gasteiger partial charge < -0.3 is 14.4 Å². The second-order valence-electron chi connectivity index (χ2n) is 7.58. The number of methoxy groups -OCH3 is 2. The van der Waals surface area contributed by atoms with E-state index in [1.54, 1.807) is 18.5 Å². The van der Waals surface area contributed by atoms with Crippen LogP contribution in [0.2, 0.25) is 0 Å². The number of aryl methyl sites for hydroxylation is 1. The van der Waals surface area contributed by atoms with Gasteiger partial charge in [0.2, 0.25) is 10.0 Å². The van der Waals surface area contributed by atoms with E-state index < -0.39 is 10.0 Å². The first-order valence-corrected chi connectivity index (χ1v) is 11.2. The lowest BCUT2D eigenvalue weighted by atomic mass is 10.1. The molecule has 2 aromatic rings. The van der Waals surface area contributed by atoms with Crippen LogP contribution in [0.3, 0.4) is 0 Å². The topological polar surface area (TPSA) is 59.1 Å². The van der Waals surface area contributed by atoms with E-state index in [9.17, 15) is 8.42 Å². The summed E-state index contributed by atoms with van der Waals surface area (Å²) in [5.41, 5.74) is 3.41. The molecule has 0 N–H and O–H groups in total. The van der Waals surface area contributed by atoms with Crippen LogP contribution in [-0.2, 0) is 10.0 Å². The Kier molecular flexibility index (Phi) is 6.10. The number of sulfonamides is 1. The second kappa shape index (κ2) is 8.24. The molecular formula is C22H30N2O4S. The smallest absolute Gasteiger partial charge is 0.243 e. The van der Waals surface area contributed by atoms with E-state index in [-0.39, 0.29) is 6.04 Å². The number of ether oxygens (including phenoxy) is 2. The number of hydrogen-bond donors (Lipinski definition) is 0. The molecule has 0 saturated carbocycles. The largest absolute Gasteiger partial charge is 0.497 e. The molecule has 6 nitrogen and oxygen atoms in total. The van der Waals surface area contributed by atoms with Crippen LogP contribution >= 0.6 is 0 Å². The van der Waals surface area contributed by atoms with Crippen LogP contribution in [0.1, 0.15) is 23.6 Å².